The topological polar surface area (TPSA) is 42.4 Å². The minimum Gasteiger partial charge on any atom is -0.453 e. The molecule has 0 aliphatic carbocycles. The van der Waals surface area contributed by atoms with Crippen LogP contribution in [0.15, 0.2) is 18.3 Å². The van der Waals surface area contributed by atoms with E-state index in [0.29, 0.717) is 13.1 Å². The molecule has 0 fully saturated rings. The third kappa shape index (κ3) is 1.55. The largest absolute Gasteiger partial charge is 0.453 e. The Morgan fingerprint density at radius 1 is 1.64 bits per heavy atom. The summed E-state index contributed by atoms with van der Waals surface area (Å²) < 4.78 is 4.66. The van der Waals surface area contributed by atoms with Gasteiger partial charge in [-0.05, 0) is 18.1 Å². The second-order valence-electron chi connectivity index (χ2n) is 3.25. The summed E-state index contributed by atoms with van der Waals surface area (Å²) in [5.74, 6) is 0. The van der Waals surface area contributed by atoms with Gasteiger partial charge < -0.3 is 9.64 Å². The molecule has 0 unspecified atom stereocenters. The van der Waals surface area contributed by atoms with E-state index < -0.39 is 0 Å². The van der Waals surface area contributed by atoms with Crippen molar-refractivity contribution in [1.82, 2.24) is 9.88 Å². The van der Waals surface area contributed by atoms with E-state index in [1.54, 1.807) is 11.1 Å². The number of carbonyl (C=O) groups excluding carboxylic acids is 1. The van der Waals surface area contributed by atoms with Crippen LogP contribution in [0.3, 0.4) is 0 Å². The van der Waals surface area contributed by atoms with Crippen molar-refractivity contribution in [3.8, 4) is 0 Å². The molecule has 4 heteroatoms. The summed E-state index contributed by atoms with van der Waals surface area (Å²) in [5.41, 5.74) is 2.21. The van der Waals surface area contributed by atoms with Crippen molar-refractivity contribution in [2.24, 2.45) is 0 Å². The lowest BCUT2D eigenvalue weighted by atomic mass is 10.1. The first-order chi connectivity index (χ1) is 6.81. The average Bonchev–Trinajstić information content (AvgIpc) is 2.27. The fourth-order valence-electron chi connectivity index (χ4n) is 1.64. The molecule has 0 aromatic carbocycles. The minimum atomic E-state index is -0.277. The maximum Gasteiger partial charge on any atom is 0.409 e. The van der Waals surface area contributed by atoms with E-state index in [0.717, 1.165) is 12.1 Å². The monoisotopic (exact) mass is 192 g/mol. The Morgan fingerprint density at radius 3 is 3.29 bits per heavy atom. The maximum absolute atomic E-state index is 11.3. The minimum absolute atomic E-state index is 0.277. The molecular formula is C10H12N2O2. The lowest BCUT2D eigenvalue weighted by Crippen LogP contribution is -2.36. The van der Waals surface area contributed by atoms with E-state index in [2.05, 4.69) is 15.8 Å². The number of rotatable bonds is 0. The van der Waals surface area contributed by atoms with Gasteiger partial charge in [-0.15, -0.1) is 0 Å². The van der Waals surface area contributed by atoms with Crippen molar-refractivity contribution in [3.63, 3.8) is 0 Å². The molecular weight excluding hydrogens is 180 g/mol. The molecule has 1 aliphatic rings. The molecule has 2 heterocycles. The number of hydrogen-bond donors (Lipinski definition) is 0. The van der Waals surface area contributed by atoms with Crippen molar-refractivity contribution in [1.29, 1.82) is 0 Å². The number of ether oxygens (including phenoxy) is 1. The second kappa shape index (κ2) is 3.65. The van der Waals surface area contributed by atoms with Gasteiger partial charge in [-0.2, -0.15) is 0 Å². The van der Waals surface area contributed by atoms with Gasteiger partial charge in [-0.1, -0.05) is 6.07 Å². The molecule has 14 heavy (non-hydrogen) atoms. The van der Waals surface area contributed by atoms with E-state index >= 15 is 0 Å². The third-order valence-corrected chi connectivity index (χ3v) is 2.41. The zero-order valence-corrected chi connectivity index (χ0v) is 8.06. The quantitative estimate of drug-likeness (QED) is 0.620. The molecule has 1 aliphatic heterocycles. The van der Waals surface area contributed by atoms with Gasteiger partial charge in [0.25, 0.3) is 0 Å². The number of nitrogens with zero attached hydrogens (tertiary/aromatic N) is 2. The van der Waals surface area contributed by atoms with Crippen LogP contribution in [0.2, 0.25) is 0 Å². The smallest absolute Gasteiger partial charge is 0.409 e. The number of amides is 1. The molecule has 1 amide bonds. The summed E-state index contributed by atoms with van der Waals surface area (Å²) in [6, 6.07) is 3.98. The number of methoxy groups -OCH3 is 1. The van der Waals surface area contributed by atoms with Crippen LogP contribution >= 0.6 is 0 Å². The Kier molecular flexibility index (Phi) is 2.35. The summed E-state index contributed by atoms with van der Waals surface area (Å²) in [6.07, 6.45) is 2.33. The predicted octanol–water partition coefficient (Wildman–Crippen LogP) is 1.21. The molecule has 0 atom stereocenters. The molecule has 0 N–H and O–H groups in total. The molecule has 0 spiro atoms. The second-order valence-corrected chi connectivity index (χ2v) is 3.25. The highest BCUT2D eigenvalue weighted by atomic mass is 16.5. The number of aromatic nitrogens is 1. The predicted molar refractivity (Wildman–Crippen MR) is 50.8 cm³/mol. The lowest BCUT2D eigenvalue weighted by molar-refractivity contribution is 0.118. The molecule has 0 saturated heterocycles. The summed E-state index contributed by atoms with van der Waals surface area (Å²) in [6.45, 7) is 1.27. The molecule has 1 aromatic heterocycles. The summed E-state index contributed by atoms with van der Waals surface area (Å²) >= 11 is 0. The van der Waals surface area contributed by atoms with Crippen molar-refractivity contribution in [2.45, 2.75) is 13.0 Å². The summed E-state index contributed by atoms with van der Waals surface area (Å²) in [5, 5.41) is 0. The average molecular weight is 192 g/mol. The van der Waals surface area contributed by atoms with Gasteiger partial charge in [0.05, 0.1) is 19.3 Å². The van der Waals surface area contributed by atoms with Gasteiger partial charge in [-0.25, -0.2) is 4.79 Å². The Labute approximate surface area is 82.5 Å². The first-order valence-electron chi connectivity index (χ1n) is 4.57. The fraction of sp³-hybridized carbons (Fsp3) is 0.400. The third-order valence-electron chi connectivity index (χ3n) is 2.41. The van der Waals surface area contributed by atoms with Crippen molar-refractivity contribution in [2.75, 3.05) is 13.7 Å². The molecule has 0 saturated carbocycles. The summed E-state index contributed by atoms with van der Waals surface area (Å²) in [7, 11) is 1.40. The molecule has 1 aromatic rings. The zero-order chi connectivity index (χ0) is 9.97. The van der Waals surface area contributed by atoms with Crippen LogP contribution in [0.5, 0.6) is 0 Å². The van der Waals surface area contributed by atoms with Gasteiger partial charge in [-0.3, -0.25) is 4.98 Å². The first kappa shape index (κ1) is 8.99. The van der Waals surface area contributed by atoms with Crippen LogP contribution in [0.1, 0.15) is 11.3 Å². The summed E-state index contributed by atoms with van der Waals surface area (Å²) in [4.78, 5) is 17.2. The van der Waals surface area contributed by atoms with Crippen LogP contribution in [0, 0.1) is 0 Å². The Morgan fingerprint density at radius 2 is 2.50 bits per heavy atom. The SMILES string of the molecule is COC(=O)N1CCc2cccnc2C1. The Balaban J connectivity index is 2.17. The Bertz CT molecular complexity index is 352. The van der Waals surface area contributed by atoms with E-state index in [9.17, 15) is 4.79 Å². The van der Waals surface area contributed by atoms with Crippen LogP contribution in [0.25, 0.3) is 0 Å². The van der Waals surface area contributed by atoms with Crippen LogP contribution in [-0.2, 0) is 17.7 Å². The van der Waals surface area contributed by atoms with E-state index in [-0.39, 0.29) is 6.09 Å². The number of carbonyl (C=O) groups is 1. The van der Waals surface area contributed by atoms with Crippen LogP contribution in [0.4, 0.5) is 4.79 Å². The van der Waals surface area contributed by atoms with Crippen molar-refractivity contribution in [3.05, 3.63) is 29.6 Å². The van der Waals surface area contributed by atoms with Crippen molar-refractivity contribution >= 4 is 6.09 Å². The van der Waals surface area contributed by atoms with Gasteiger partial charge >= 0.3 is 6.09 Å². The van der Waals surface area contributed by atoms with E-state index in [1.165, 1.54) is 12.7 Å². The van der Waals surface area contributed by atoms with E-state index in [4.69, 9.17) is 0 Å². The number of pyridine rings is 1. The lowest BCUT2D eigenvalue weighted by Gasteiger charge is -2.26. The van der Waals surface area contributed by atoms with Gasteiger partial charge in [0, 0.05) is 12.7 Å². The first-order valence-corrected chi connectivity index (χ1v) is 4.57. The standard InChI is InChI=1S/C10H12N2O2/c1-14-10(13)12-6-4-8-3-2-5-11-9(8)7-12/h2-3,5H,4,6-7H2,1H3. The molecule has 0 radical (unpaired) electrons. The van der Waals surface area contributed by atoms with Gasteiger partial charge in [0.15, 0.2) is 0 Å². The molecule has 74 valence electrons. The van der Waals surface area contributed by atoms with Gasteiger partial charge in [0.2, 0.25) is 0 Å². The normalized spacial score (nSPS) is 14.8. The maximum atomic E-state index is 11.3. The highest BCUT2D eigenvalue weighted by molar-refractivity contribution is 5.67. The van der Waals surface area contributed by atoms with Crippen LogP contribution < -0.4 is 0 Å². The molecule has 4 nitrogen and oxygen atoms in total. The number of hydrogen-bond acceptors (Lipinski definition) is 3. The highest BCUT2D eigenvalue weighted by Gasteiger charge is 2.21. The fourth-order valence-corrected chi connectivity index (χ4v) is 1.64. The number of fused-ring (bicyclic) bond motifs is 1. The molecule has 2 rings (SSSR count). The van der Waals surface area contributed by atoms with Crippen LogP contribution in [-0.4, -0.2) is 29.6 Å². The van der Waals surface area contributed by atoms with E-state index in [1.807, 2.05) is 6.07 Å². The highest BCUT2D eigenvalue weighted by Crippen LogP contribution is 2.16. The zero-order valence-electron chi connectivity index (χ0n) is 8.06. The Hall–Kier alpha value is -1.58. The van der Waals surface area contributed by atoms with Crippen molar-refractivity contribution < 1.29 is 9.53 Å². The van der Waals surface area contributed by atoms with Gasteiger partial charge in [0.1, 0.15) is 0 Å². The molecule has 0 bridgehead atoms.